The highest BCUT2D eigenvalue weighted by atomic mass is 16.5. The number of ether oxygens (including phenoxy) is 1. The Balaban J connectivity index is 1.41. The number of benzene rings is 1. The van der Waals surface area contributed by atoms with Crippen LogP contribution in [0.15, 0.2) is 43.0 Å². The molecule has 0 amide bonds. The van der Waals surface area contributed by atoms with Gasteiger partial charge in [0.2, 0.25) is 5.95 Å². The van der Waals surface area contributed by atoms with E-state index in [0.29, 0.717) is 18.4 Å². The van der Waals surface area contributed by atoms with Crippen LogP contribution in [0.2, 0.25) is 0 Å². The van der Waals surface area contributed by atoms with Crippen LogP contribution in [0.4, 0.5) is 5.95 Å². The summed E-state index contributed by atoms with van der Waals surface area (Å²) in [7, 11) is 2.02. The van der Waals surface area contributed by atoms with Gasteiger partial charge in [-0.3, -0.25) is 4.98 Å². The first-order valence-corrected chi connectivity index (χ1v) is 13.5. The summed E-state index contributed by atoms with van der Waals surface area (Å²) in [4.78, 5) is 21.1. The summed E-state index contributed by atoms with van der Waals surface area (Å²) in [5.74, 6) is 2.85. The molecule has 0 saturated carbocycles. The van der Waals surface area contributed by atoms with Crippen molar-refractivity contribution in [3.05, 3.63) is 70.9 Å². The molecule has 3 aromatic heterocycles. The molecule has 1 fully saturated rings. The van der Waals surface area contributed by atoms with Gasteiger partial charge >= 0.3 is 0 Å². The lowest BCUT2D eigenvalue weighted by molar-refractivity contribution is 0.335. The van der Waals surface area contributed by atoms with Crippen molar-refractivity contribution in [3.63, 3.8) is 0 Å². The third-order valence-corrected chi connectivity index (χ3v) is 7.55. The zero-order valence-electron chi connectivity index (χ0n) is 22.7. The molecule has 4 heterocycles. The van der Waals surface area contributed by atoms with Crippen molar-refractivity contribution in [2.45, 2.75) is 59.3 Å². The second-order valence-electron chi connectivity index (χ2n) is 10.6. The van der Waals surface area contributed by atoms with Crippen LogP contribution in [0, 0.1) is 12.8 Å². The van der Waals surface area contributed by atoms with Gasteiger partial charge in [0.1, 0.15) is 11.3 Å². The summed E-state index contributed by atoms with van der Waals surface area (Å²) >= 11 is 0. The van der Waals surface area contributed by atoms with Crippen LogP contribution in [0.1, 0.15) is 67.5 Å². The van der Waals surface area contributed by atoms with Gasteiger partial charge in [-0.15, -0.1) is 0 Å². The monoisotopic (exact) mass is 498 g/mol. The number of anilines is 1. The molecular formula is C30H38N6O. The van der Waals surface area contributed by atoms with Gasteiger partial charge in [0, 0.05) is 39.0 Å². The molecule has 0 spiro atoms. The van der Waals surface area contributed by atoms with E-state index in [4.69, 9.17) is 14.7 Å². The van der Waals surface area contributed by atoms with E-state index >= 15 is 0 Å². The lowest BCUT2D eigenvalue weighted by Gasteiger charge is -2.32. The van der Waals surface area contributed by atoms with Gasteiger partial charge in [-0.1, -0.05) is 19.9 Å². The van der Waals surface area contributed by atoms with E-state index in [0.717, 1.165) is 67.3 Å². The molecule has 0 atom stereocenters. The van der Waals surface area contributed by atoms with E-state index in [1.807, 2.05) is 37.3 Å². The molecule has 1 saturated heterocycles. The first-order chi connectivity index (χ1) is 17.9. The Hall–Kier alpha value is -3.48. The second kappa shape index (κ2) is 10.9. The van der Waals surface area contributed by atoms with E-state index in [1.165, 1.54) is 22.3 Å². The fourth-order valence-electron chi connectivity index (χ4n) is 5.43. The van der Waals surface area contributed by atoms with Gasteiger partial charge in [-0.25, -0.2) is 9.97 Å². The van der Waals surface area contributed by atoms with Crippen molar-refractivity contribution in [3.8, 4) is 5.75 Å². The van der Waals surface area contributed by atoms with E-state index in [1.54, 1.807) is 0 Å². The maximum atomic E-state index is 5.96. The third kappa shape index (κ3) is 5.45. The Morgan fingerprint density at radius 1 is 1.08 bits per heavy atom. The molecule has 0 bridgehead atoms. The predicted molar refractivity (Wildman–Crippen MR) is 148 cm³/mol. The first kappa shape index (κ1) is 25.2. The van der Waals surface area contributed by atoms with Gasteiger partial charge in [-0.05, 0) is 85.4 Å². The van der Waals surface area contributed by atoms with E-state index in [-0.39, 0.29) is 0 Å². The highest BCUT2D eigenvalue weighted by molar-refractivity contribution is 5.75. The number of fused-ring (bicyclic) bond motifs is 1. The molecule has 1 aromatic carbocycles. The molecule has 7 nitrogen and oxygen atoms in total. The summed E-state index contributed by atoms with van der Waals surface area (Å²) in [6.07, 6.45) is 9.74. The van der Waals surface area contributed by atoms with E-state index in [2.05, 4.69) is 59.9 Å². The fourth-order valence-corrected chi connectivity index (χ4v) is 5.43. The van der Waals surface area contributed by atoms with Crippen LogP contribution >= 0.6 is 0 Å². The number of aryl methyl sites for hydroxylation is 2. The van der Waals surface area contributed by atoms with Gasteiger partial charge in [0.15, 0.2) is 5.65 Å². The summed E-state index contributed by atoms with van der Waals surface area (Å²) < 4.78 is 8.00. The molecule has 0 radical (unpaired) electrons. The van der Waals surface area contributed by atoms with Crippen molar-refractivity contribution in [2.75, 3.05) is 24.6 Å². The summed E-state index contributed by atoms with van der Waals surface area (Å²) in [6.45, 7) is 11.2. The van der Waals surface area contributed by atoms with Crippen molar-refractivity contribution < 1.29 is 4.74 Å². The van der Waals surface area contributed by atoms with Crippen LogP contribution < -0.4 is 9.64 Å². The lowest BCUT2D eigenvalue weighted by atomic mass is 9.90. The molecule has 0 N–H and O–H groups in total. The molecule has 0 unspecified atom stereocenters. The minimum absolute atomic E-state index is 0.382. The quantitative estimate of drug-likeness (QED) is 0.313. The Labute approximate surface area is 220 Å². The van der Waals surface area contributed by atoms with Crippen LogP contribution in [0.5, 0.6) is 5.75 Å². The van der Waals surface area contributed by atoms with Crippen LogP contribution in [-0.2, 0) is 19.9 Å². The van der Waals surface area contributed by atoms with Gasteiger partial charge in [-0.2, -0.15) is 4.98 Å². The molecule has 1 aliphatic heterocycles. The standard InChI is InChI=1S/C30H38N6O/c1-6-37-27-15-21(4)24(17-25(27)20(2)3)18-26-28-29(32-19-35(28)5)34-30(33-26)36-13-9-23(10-14-36)16-22-7-11-31-12-8-22/h7-8,11-12,15,17,19-20,23H,6,9-10,13-14,16,18H2,1-5H3. The number of hydrogen-bond acceptors (Lipinski definition) is 6. The largest absolute Gasteiger partial charge is 0.494 e. The summed E-state index contributed by atoms with van der Waals surface area (Å²) in [5.41, 5.74) is 7.92. The summed E-state index contributed by atoms with van der Waals surface area (Å²) in [5, 5.41) is 0. The normalized spacial score (nSPS) is 14.6. The highest BCUT2D eigenvalue weighted by Gasteiger charge is 2.24. The molecular weight excluding hydrogens is 460 g/mol. The van der Waals surface area contributed by atoms with Crippen molar-refractivity contribution in [2.24, 2.45) is 13.0 Å². The van der Waals surface area contributed by atoms with E-state index < -0.39 is 0 Å². The number of rotatable bonds is 8. The number of aromatic nitrogens is 5. The zero-order valence-corrected chi connectivity index (χ0v) is 22.7. The molecule has 0 aliphatic carbocycles. The SMILES string of the molecule is CCOc1cc(C)c(Cc2nc(N3CCC(Cc4ccncc4)CC3)nc3ncn(C)c23)cc1C(C)C. The fraction of sp³-hybridized carbons (Fsp3) is 0.467. The number of imidazole rings is 1. The maximum Gasteiger partial charge on any atom is 0.227 e. The van der Waals surface area contributed by atoms with Gasteiger partial charge in [0.25, 0.3) is 0 Å². The number of hydrogen-bond donors (Lipinski definition) is 0. The van der Waals surface area contributed by atoms with Crippen LogP contribution in [-0.4, -0.2) is 44.2 Å². The van der Waals surface area contributed by atoms with Crippen LogP contribution in [0.25, 0.3) is 11.2 Å². The first-order valence-electron chi connectivity index (χ1n) is 13.5. The molecule has 1 aliphatic rings. The van der Waals surface area contributed by atoms with Crippen LogP contribution in [0.3, 0.4) is 0 Å². The topological polar surface area (TPSA) is 69.0 Å². The van der Waals surface area contributed by atoms with E-state index in [9.17, 15) is 0 Å². The predicted octanol–water partition coefficient (Wildman–Crippen LogP) is 5.64. The lowest BCUT2D eigenvalue weighted by Crippen LogP contribution is -2.35. The number of piperidine rings is 1. The maximum absolute atomic E-state index is 5.96. The smallest absolute Gasteiger partial charge is 0.227 e. The Bertz CT molecular complexity index is 1360. The number of pyridine rings is 1. The molecule has 5 rings (SSSR count). The van der Waals surface area contributed by atoms with Crippen molar-refractivity contribution >= 4 is 17.1 Å². The Morgan fingerprint density at radius 3 is 2.54 bits per heavy atom. The molecule has 4 aromatic rings. The van der Waals surface area contributed by atoms with Crippen molar-refractivity contribution in [1.82, 2.24) is 24.5 Å². The third-order valence-electron chi connectivity index (χ3n) is 7.55. The minimum Gasteiger partial charge on any atom is -0.494 e. The second-order valence-corrected chi connectivity index (χ2v) is 10.6. The molecule has 194 valence electrons. The highest BCUT2D eigenvalue weighted by Crippen LogP contribution is 2.32. The molecule has 37 heavy (non-hydrogen) atoms. The Kier molecular flexibility index (Phi) is 7.40. The van der Waals surface area contributed by atoms with Crippen molar-refractivity contribution in [1.29, 1.82) is 0 Å². The zero-order chi connectivity index (χ0) is 25.9. The number of nitrogens with zero attached hydrogens (tertiary/aromatic N) is 6. The minimum atomic E-state index is 0.382. The average molecular weight is 499 g/mol. The summed E-state index contributed by atoms with van der Waals surface area (Å²) in [6, 6.07) is 8.75. The molecule has 7 heteroatoms. The average Bonchev–Trinajstić information content (AvgIpc) is 3.27. The van der Waals surface area contributed by atoms with Gasteiger partial charge < -0.3 is 14.2 Å². The van der Waals surface area contributed by atoms with Gasteiger partial charge in [0.05, 0.1) is 18.6 Å². The Morgan fingerprint density at radius 2 is 1.84 bits per heavy atom.